The van der Waals surface area contributed by atoms with Gasteiger partial charge in [0.05, 0.1) is 11.6 Å². The van der Waals surface area contributed by atoms with Gasteiger partial charge in [-0.25, -0.2) is 0 Å². The van der Waals surface area contributed by atoms with Crippen LogP contribution in [-0.4, -0.2) is 68.5 Å². The predicted molar refractivity (Wildman–Crippen MR) is 151 cm³/mol. The summed E-state index contributed by atoms with van der Waals surface area (Å²) in [6.07, 6.45) is 8.46. The Morgan fingerprint density at radius 2 is 1.66 bits per heavy atom. The highest BCUT2D eigenvalue weighted by Crippen LogP contribution is 2.53. The predicted octanol–water partition coefficient (Wildman–Crippen LogP) is 2.84. The van der Waals surface area contributed by atoms with E-state index in [9.17, 15) is 34.8 Å². The maximum Gasteiger partial charge on any atom is 0.255 e. The average molecular weight is 555 g/mol. The fourth-order valence-electron chi connectivity index (χ4n) is 7.05. The number of ketones is 2. The number of aliphatic hydroxyl groups excluding tert-OH is 2. The number of likely N-dealkylation sites (N-methyl/N-ethyl adjacent to an activating group) is 1. The molecule has 0 saturated heterocycles. The molecule has 0 aromatic heterocycles. The van der Waals surface area contributed by atoms with Crippen molar-refractivity contribution in [1.82, 2.24) is 4.90 Å². The second-order valence-corrected chi connectivity index (χ2v) is 11.4. The molecule has 0 bridgehead atoms. The van der Waals surface area contributed by atoms with Crippen molar-refractivity contribution in [3.63, 3.8) is 0 Å². The minimum atomic E-state index is -2.66. The van der Waals surface area contributed by atoms with Crippen molar-refractivity contribution >= 4 is 23.2 Å². The summed E-state index contributed by atoms with van der Waals surface area (Å²) < 4.78 is 0. The van der Waals surface area contributed by atoms with E-state index in [1.165, 1.54) is 11.0 Å². The first-order valence-electron chi connectivity index (χ1n) is 13.4. The molecule has 4 aliphatic carbocycles. The number of nitrogens with zero attached hydrogens (tertiary/aromatic N) is 1. The van der Waals surface area contributed by atoms with Crippen LogP contribution >= 0.6 is 0 Å². The van der Waals surface area contributed by atoms with Gasteiger partial charge in [-0.1, -0.05) is 54.6 Å². The number of hydrogen-bond donors (Lipinski definition) is 5. The molecule has 4 atom stereocenters. The summed E-state index contributed by atoms with van der Waals surface area (Å²) in [4.78, 5) is 40.9. The minimum Gasteiger partial charge on any atom is -0.508 e. The molecule has 2 aromatic rings. The van der Waals surface area contributed by atoms with Crippen LogP contribution in [0.25, 0.3) is 16.9 Å². The number of rotatable bonds is 4. The van der Waals surface area contributed by atoms with Crippen molar-refractivity contribution in [1.29, 1.82) is 0 Å². The summed E-state index contributed by atoms with van der Waals surface area (Å²) in [5.74, 6) is -6.46. The van der Waals surface area contributed by atoms with E-state index in [1.807, 2.05) is 36.4 Å². The molecular weight excluding hydrogens is 524 g/mol. The molecule has 4 aliphatic rings. The Morgan fingerprint density at radius 3 is 2.27 bits per heavy atom. The van der Waals surface area contributed by atoms with Crippen molar-refractivity contribution < 1.29 is 34.8 Å². The Hall–Kier alpha value is -4.47. The lowest BCUT2D eigenvalue weighted by Gasteiger charge is -2.50. The third-order valence-corrected chi connectivity index (χ3v) is 8.96. The van der Waals surface area contributed by atoms with Crippen LogP contribution in [-0.2, 0) is 20.8 Å². The van der Waals surface area contributed by atoms with Crippen molar-refractivity contribution in [2.24, 2.45) is 17.6 Å². The number of amides is 1. The van der Waals surface area contributed by atoms with Crippen LogP contribution in [0.5, 0.6) is 5.75 Å². The first kappa shape index (κ1) is 26.7. The van der Waals surface area contributed by atoms with Crippen LogP contribution < -0.4 is 5.73 Å². The number of carbonyl (C=O) groups is 3. The quantitative estimate of drug-likeness (QED) is 0.361. The van der Waals surface area contributed by atoms with Gasteiger partial charge in [-0.3, -0.25) is 19.3 Å². The number of aliphatic hydroxyl groups is 3. The standard InChI is InChI=1S/C32H30N2O7/c1-34(2)26-21-14-18-13-20-19(17-9-7-16(8-10-17)15-5-3-4-6-15)11-12-22(35)24(20)27(36)23(18)29(38)32(21,41)30(39)25(28(26)37)31(33)40/h3-12,15,18,21,26,35-36,39,41H,13-14H2,1-2H3,(H2,33,40)/t18-,21-,26-,32-/m1/s1. The molecule has 6 rings (SSSR count). The minimum absolute atomic E-state index is 0.0418. The number of fused-ring (bicyclic) bond motifs is 3. The molecule has 0 heterocycles. The van der Waals surface area contributed by atoms with Crippen molar-refractivity contribution in [2.75, 3.05) is 14.1 Å². The van der Waals surface area contributed by atoms with Gasteiger partial charge in [-0.05, 0) is 61.2 Å². The number of primary amides is 1. The third kappa shape index (κ3) is 3.73. The third-order valence-electron chi connectivity index (χ3n) is 8.96. The highest BCUT2D eigenvalue weighted by molar-refractivity contribution is 6.24. The molecule has 2 aromatic carbocycles. The fraction of sp³-hybridized carbons (Fsp3) is 0.281. The van der Waals surface area contributed by atoms with Gasteiger partial charge in [0, 0.05) is 17.4 Å². The molecule has 1 amide bonds. The summed E-state index contributed by atoms with van der Waals surface area (Å²) in [7, 11) is 3.15. The molecular formula is C32H30N2O7. The largest absolute Gasteiger partial charge is 0.508 e. The topological polar surface area (TPSA) is 161 Å². The number of phenols is 1. The molecule has 1 saturated carbocycles. The average Bonchev–Trinajstić information content (AvgIpc) is 3.46. The van der Waals surface area contributed by atoms with E-state index in [1.54, 1.807) is 20.2 Å². The monoisotopic (exact) mass is 554 g/mol. The number of benzene rings is 2. The molecule has 41 heavy (non-hydrogen) atoms. The molecule has 0 radical (unpaired) electrons. The van der Waals surface area contributed by atoms with Crippen molar-refractivity contribution in [3.05, 3.63) is 94.3 Å². The molecule has 1 fully saturated rings. The summed E-state index contributed by atoms with van der Waals surface area (Å²) in [5.41, 5.74) is 5.17. The maximum absolute atomic E-state index is 14.0. The Labute approximate surface area is 236 Å². The maximum atomic E-state index is 14.0. The summed E-state index contributed by atoms with van der Waals surface area (Å²) in [5, 5.41) is 45.0. The highest BCUT2D eigenvalue weighted by atomic mass is 16.3. The molecule has 0 aliphatic heterocycles. The Morgan fingerprint density at radius 1 is 1.00 bits per heavy atom. The molecule has 210 valence electrons. The van der Waals surface area contributed by atoms with E-state index in [2.05, 4.69) is 12.2 Å². The number of nitrogens with two attached hydrogens (primary N) is 1. The zero-order valence-electron chi connectivity index (χ0n) is 22.5. The van der Waals surface area contributed by atoms with Crippen LogP contribution in [0.3, 0.4) is 0 Å². The smallest absolute Gasteiger partial charge is 0.255 e. The summed E-state index contributed by atoms with van der Waals surface area (Å²) in [6, 6.07) is 10.1. The molecule has 0 spiro atoms. The normalized spacial score (nSPS) is 27.4. The van der Waals surface area contributed by atoms with Crippen LogP contribution in [0.2, 0.25) is 0 Å². The van der Waals surface area contributed by atoms with Gasteiger partial charge in [0.2, 0.25) is 5.78 Å². The first-order chi connectivity index (χ1) is 19.5. The van der Waals surface area contributed by atoms with Gasteiger partial charge in [-0.2, -0.15) is 0 Å². The highest BCUT2D eigenvalue weighted by Gasteiger charge is 2.64. The second kappa shape index (κ2) is 9.29. The molecule has 6 N–H and O–H groups in total. The lowest BCUT2D eigenvalue weighted by Crippen LogP contribution is -2.65. The van der Waals surface area contributed by atoms with E-state index < -0.39 is 58.0 Å². The van der Waals surface area contributed by atoms with Crippen molar-refractivity contribution in [3.8, 4) is 16.9 Å². The number of hydrogen-bond acceptors (Lipinski definition) is 8. The van der Waals surface area contributed by atoms with E-state index >= 15 is 0 Å². The second-order valence-electron chi connectivity index (χ2n) is 11.4. The summed E-state index contributed by atoms with van der Waals surface area (Å²) >= 11 is 0. The molecule has 9 nitrogen and oxygen atoms in total. The van der Waals surface area contributed by atoms with Gasteiger partial charge < -0.3 is 26.2 Å². The van der Waals surface area contributed by atoms with E-state index in [0.717, 1.165) is 16.7 Å². The lowest BCUT2D eigenvalue weighted by molar-refractivity contribution is -0.153. The zero-order valence-corrected chi connectivity index (χ0v) is 22.5. The number of allylic oxidation sites excluding steroid dienone is 4. The van der Waals surface area contributed by atoms with Crippen molar-refractivity contribution in [2.45, 2.75) is 30.4 Å². The SMILES string of the molecule is CN(C)[C@H]1C(=O)C(C(N)=O)=C(O)[C@]2(O)C(=O)C3=C(O)c4c(O)ccc(-c5ccc(C6C=CC=C6)cc5)c4C[C@@H]3C[C@H]12. The van der Waals surface area contributed by atoms with E-state index in [0.29, 0.717) is 5.56 Å². The number of carbonyl (C=O) groups excluding carboxylic acids is 3. The van der Waals surface area contributed by atoms with Gasteiger partial charge in [0.15, 0.2) is 11.4 Å². The van der Waals surface area contributed by atoms with Crippen LogP contribution in [0.4, 0.5) is 0 Å². The fourth-order valence-corrected chi connectivity index (χ4v) is 7.05. The molecule has 9 heteroatoms. The lowest BCUT2D eigenvalue weighted by atomic mass is 9.57. The van der Waals surface area contributed by atoms with Crippen LogP contribution in [0.1, 0.15) is 29.0 Å². The zero-order chi connectivity index (χ0) is 29.4. The first-order valence-corrected chi connectivity index (χ1v) is 13.4. The van der Waals surface area contributed by atoms with Gasteiger partial charge in [-0.15, -0.1) is 0 Å². The molecule has 0 unspecified atom stereocenters. The Bertz CT molecular complexity index is 1630. The van der Waals surface area contributed by atoms with E-state index in [-0.39, 0.29) is 35.6 Å². The van der Waals surface area contributed by atoms with Gasteiger partial charge >= 0.3 is 0 Å². The Balaban J connectivity index is 1.49. The van der Waals surface area contributed by atoms with Crippen LogP contribution in [0, 0.1) is 11.8 Å². The van der Waals surface area contributed by atoms with Crippen LogP contribution in [0.15, 0.2) is 77.6 Å². The number of phenolic OH excluding ortho intramolecular Hbond substituents is 1. The van der Waals surface area contributed by atoms with E-state index in [4.69, 9.17) is 5.73 Å². The Kier molecular flexibility index (Phi) is 6.06. The number of aromatic hydroxyl groups is 1. The number of Topliss-reactive ketones (excluding diaryl/α,β-unsaturated/α-hetero) is 2. The summed E-state index contributed by atoms with van der Waals surface area (Å²) in [6.45, 7) is 0. The van der Waals surface area contributed by atoms with Gasteiger partial charge in [0.25, 0.3) is 5.91 Å². The van der Waals surface area contributed by atoms with Gasteiger partial charge in [0.1, 0.15) is 22.8 Å².